The number of aromatic nitrogens is 3. The number of benzene rings is 1. The molecule has 1 aromatic carbocycles. The van der Waals surface area contributed by atoms with E-state index in [4.69, 9.17) is 0 Å². The van der Waals surface area contributed by atoms with Crippen LogP contribution in [0.1, 0.15) is 0 Å². The van der Waals surface area contributed by atoms with E-state index < -0.39 is 37.1 Å². The molecule has 0 unspecified atom stereocenters. The third-order valence-electron chi connectivity index (χ3n) is 3.42. The second kappa shape index (κ2) is 7.09. The summed E-state index contributed by atoms with van der Waals surface area (Å²) in [6, 6.07) is 5.45. The van der Waals surface area contributed by atoms with Gasteiger partial charge in [-0.3, -0.25) is 4.79 Å². The molecule has 0 aliphatic heterocycles. The fourth-order valence-corrected chi connectivity index (χ4v) is 2.31. The number of alkyl halides is 6. The van der Waals surface area contributed by atoms with Crippen molar-refractivity contribution in [3.63, 3.8) is 0 Å². The van der Waals surface area contributed by atoms with E-state index in [2.05, 4.69) is 19.4 Å². The molecule has 3 aromatic rings. The normalized spacial score (nSPS) is 12.4. The molecule has 0 atom stereocenters. The summed E-state index contributed by atoms with van der Waals surface area (Å²) in [4.78, 5) is 19.1. The lowest BCUT2D eigenvalue weighted by Gasteiger charge is -2.15. The first-order chi connectivity index (χ1) is 13.0. The highest BCUT2D eigenvalue weighted by molar-refractivity contribution is 5.75. The van der Waals surface area contributed by atoms with Gasteiger partial charge >= 0.3 is 18.4 Å². The largest absolute Gasteiger partial charge is 0.484 e. The topological polar surface area (TPSA) is 69.1 Å². The van der Waals surface area contributed by atoms with Crippen LogP contribution in [0.15, 0.2) is 41.3 Å². The van der Waals surface area contributed by atoms with Gasteiger partial charge in [0.1, 0.15) is 11.4 Å². The summed E-state index contributed by atoms with van der Waals surface area (Å²) in [5.74, 6) is -0.137. The average Bonchev–Trinajstić information content (AvgIpc) is 3.06. The predicted molar refractivity (Wildman–Crippen MR) is 84.8 cm³/mol. The smallest absolute Gasteiger partial charge is 0.422 e. The van der Waals surface area contributed by atoms with Crippen molar-refractivity contribution in [1.29, 1.82) is 0 Å². The van der Waals surface area contributed by atoms with Gasteiger partial charge in [0, 0.05) is 6.20 Å². The highest BCUT2D eigenvalue weighted by Crippen LogP contribution is 2.23. The molecule has 12 heteroatoms. The minimum Gasteiger partial charge on any atom is -0.484 e. The van der Waals surface area contributed by atoms with E-state index >= 15 is 0 Å². The molecule has 0 aliphatic carbocycles. The van der Waals surface area contributed by atoms with Crippen LogP contribution in [-0.4, -0.2) is 40.1 Å². The number of H-pyrrole nitrogens is 1. The summed E-state index contributed by atoms with van der Waals surface area (Å²) in [6.07, 6.45) is -7.81. The number of aromatic amines is 1. The summed E-state index contributed by atoms with van der Waals surface area (Å²) < 4.78 is 84.1. The van der Waals surface area contributed by atoms with Crippen LogP contribution in [0.25, 0.3) is 16.7 Å². The van der Waals surface area contributed by atoms with Gasteiger partial charge in [-0.15, -0.1) is 0 Å². The van der Waals surface area contributed by atoms with E-state index in [1.165, 1.54) is 24.4 Å². The van der Waals surface area contributed by atoms with Crippen LogP contribution in [0, 0.1) is 0 Å². The van der Waals surface area contributed by atoms with Gasteiger partial charge in [0.15, 0.2) is 13.2 Å². The molecule has 0 amide bonds. The Morgan fingerprint density at radius 2 is 1.54 bits per heavy atom. The summed E-state index contributed by atoms with van der Waals surface area (Å²) in [5.41, 5.74) is -0.645. The van der Waals surface area contributed by atoms with Crippen LogP contribution in [0.5, 0.6) is 11.8 Å². The van der Waals surface area contributed by atoms with E-state index in [0.29, 0.717) is 0 Å². The highest BCUT2D eigenvalue weighted by atomic mass is 19.4. The summed E-state index contributed by atoms with van der Waals surface area (Å²) in [7, 11) is 0. The molecule has 2 heterocycles. The maximum Gasteiger partial charge on any atom is 0.422 e. The lowest BCUT2D eigenvalue weighted by atomic mass is 10.3. The number of nitrogens with zero attached hydrogens (tertiary/aromatic N) is 2. The lowest BCUT2D eigenvalue weighted by molar-refractivity contribution is -0.155. The van der Waals surface area contributed by atoms with E-state index in [1.807, 2.05) is 0 Å². The molecule has 1 N–H and O–H groups in total. The minimum absolute atomic E-state index is 0.0311. The monoisotopic (exact) mass is 407 g/mol. The fourth-order valence-electron chi connectivity index (χ4n) is 2.31. The maximum atomic E-state index is 12.6. The van der Waals surface area contributed by atoms with Crippen LogP contribution in [-0.2, 0) is 0 Å². The zero-order valence-corrected chi connectivity index (χ0v) is 13.8. The van der Waals surface area contributed by atoms with Gasteiger partial charge in [0.05, 0.1) is 11.1 Å². The second-order valence-electron chi connectivity index (χ2n) is 5.58. The van der Waals surface area contributed by atoms with Gasteiger partial charge in [0.25, 0.3) is 5.56 Å². The van der Waals surface area contributed by atoms with E-state index in [0.717, 1.165) is 16.7 Å². The first-order valence-electron chi connectivity index (χ1n) is 7.63. The van der Waals surface area contributed by atoms with Crippen molar-refractivity contribution in [2.45, 2.75) is 12.4 Å². The van der Waals surface area contributed by atoms with Crippen molar-refractivity contribution in [3.8, 4) is 17.4 Å². The molecule has 28 heavy (non-hydrogen) atoms. The first-order valence-corrected chi connectivity index (χ1v) is 7.63. The van der Waals surface area contributed by atoms with Gasteiger partial charge in [-0.1, -0.05) is 0 Å². The van der Waals surface area contributed by atoms with Crippen LogP contribution in [0.3, 0.4) is 0 Å². The summed E-state index contributed by atoms with van der Waals surface area (Å²) in [6.45, 7) is -3.19. The van der Waals surface area contributed by atoms with Crippen LogP contribution in [0.4, 0.5) is 26.3 Å². The Bertz CT molecular complexity index is 1020. The molecule has 0 radical (unpaired) electrons. The van der Waals surface area contributed by atoms with E-state index in [-0.39, 0.29) is 22.5 Å². The van der Waals surface area contributed by atoms with Crippen molar-refractivity contribution in [2.75, 3.05) is 13.2 Å². The minimum atomic E-state index is -4.66. The molecule has 6 nitrogen and oxygen atoms in total. The lowest BCUT2D eigenvalue weighted by Crippen LogP contribution is -2.26. The van der Waals surface area contributed by atoms with Gasteiger partial charge in [-0.2, -0.15) is 31.3 Å². The SMILES string of the molecule is O=c1c2cc[nH]c2nc(OCC(F)(F)F)n1-c1ccc(OCC(F)(F)F)cc1. The van der Waals surface area contributed by atoms with E-state index in [9.17, 15) is 31.1 Å². The molecule has 0 bridgehead atoms. The standard InChI is InChI=1S/C16H11F6N3O3/c17-15(18,19)7-27-10-3-1-9(2-4-10)25-13(26)11-5-6-23-12(11)24-14(25)28-8-16(20,21)22/h1-6,23H,7-8H2. The number of ether oxygens (including phenoxy) is 2. The van der Waals surface area contributed by atoms with Gasteiger partial charge in [-0.25, -0.2) is 4.57 Å². The first kappa shape index (κ1) is 19.6. The third-order valence-corrected chi connectivity index (χ3v) is 3.42. The van der Waals surface area contributed by atoms with Crippen molar-refractivity contribution in [3.05, 3.63) is 46.9 Å². The average molecular weight is 407 g/mol. The summed E-state index contributed by atoms with van der Waals surface area (Å²) in [5, 5.41) is 0.0942. The maximum absolute atomic E-state index is 12.6. The molecular weight excluding hydrogens is 396 g/mol. The quantitative estimate of drug-likeness (QED) is 0.657. The molecule has 2 aromatic heterocycles. The Morgan fingerprint density at radius 1 is 0.929 bits per heavy atom. The Labute approximate surface area is 152 Å². The van der Waals surface area contributed by atoms with Crippen molar-refractivity contribution in [2.24, 2.45) is 0 Å². The van der Waals surface area contributed by atoms with Crippen molar-refractivity contribution in [1.82, 2.24) is 14.5 Å². The second-order valence-corrected chi connectivity index (χ2v) is 5.58. The van der Waals surface area contributed by atoms with Crippen LogP contribution >= 0.6 is 0 Å². The molecule has 0 fully saturated rings. The number of nitrogens with one attached hydrogen (secondary N) is 1. The zero-order chi connectivity index (χ0) is 20.5. The molecular formula is C16H11F6N3O3. The molecule has 0 saturated carbocycles. The third kappa shape index (κ3) is 4.56. The highest BCUT2D eigenvalue weighted by Gasteiger charge is 2.30. The number of rotatable bonds is 5. The summed E-state index contributed by atoms with van der Waals surface area (Å²) >= 11 is 0. The number of hydrogen-bond donors (Lipinski definition) is 1. The Kier molecular flexibility index (Phi) is 4.96. The molecule has 150 valence electrons. The number of hydrogen-bond acceptors (Lipinski definition) is 4. The van der Waals surface area contributed by atoms with Crippen LogP contribution < -0.4 is 15.0 Å². The van der Waals surface area contributed by atoms with Crippen molar-refractivity contribution < 1.29 is 35.8 Å². The Balaban J connectivity index is 1.98. The fraction of sp³-hybridized carbons (Fsp3) is 0.250. The zero-order valence-electron chi connectivity index (χ0n) is 13.8. The molecule has 3 rings (SSSR count). The molecule has 0 saturated heterocycles. The Hall–Kier alpha value is -3.18. The van der Waals surface area contributed by atoms with Gasteiger partial charge in [0.2, 0.25) is 0 Å². The van der Waals surface area contributed by atoms with Gasteiger partial charge in [-0.05, 0) is 30.3 Å². The van der Waals surface area contributed by atoms with Crippen molar-refractivity contribution >= 4 is 11.0 Å². The van der Waals surface area contributed by atoms with Gasteiger partial charge < -0.3 is 14.5 Å². The molecule has 0 aliphatic rings. The Morgan fingerprint density at radius 3 is 2.14 bits per heavy atom. The van der Waals surface area contributed by atoms with E-state index in [1.54, 1.807) is 0 Å². The number of fused-ring (bicyclic) bond motifs is 1. The predicted octanol–water partition coefficient (Wildman–Crippen LogP) is 3.60. The number of halogens is 6. The van der Waals surface area contributed by atoms with Crippen LogP contribution in [0.2, 0.25) is 0 Å². The molecule has 0 spiro atoms.